The second kappa shape index (κ2) is 5.87. The summed E-state index contributed by atoms with van der Waals surface area (Å²) in [5, 5.41) is 0. The fraction of sp³-hybridized carbons (Fsp3) is 0.500. The third-order valence-electron chi connectivity index (χ3n) is 3.59. The number of benzene rings is 1. The molecule has 3 nitrogen and oxygen atoms in total. The fourth-order valence-corrected chi connectivity index (χ4v) is 2.98. The van der Waals surface area contributed by atoms with Gasteiger partial charge in [0, 0.05) is 16.6 Å². The van der Waals surface area contributed by atoms with Crippen molar-refractivity contribution in [2.45, 2.75) is 37.9 Å². The molecule has 7 heteroatoms. The first-order chi connectivity index (χ1) is 9.71. The molecule has 0 fully saturated rings. The van der Waals surface area contributed by atoms with Crippen molar-refractivity contribution >= 4 is 27.6 Å². The van der Waals surface area contributed by atoms with Crippen LogP contribution in [-0.4, -0.2) is 24.2 Å². The Kier molecular flexibility index (Phi) is 4.51. The van der Waals surface area contributed by atoms with Crippen LogP contribution >= 0.6 is 15.9 Å². The van der Waals surface area contributed by atoms with Crippen LogP contribution in [0, 0.1) is 0 Å². The molecule has 0 aromatic heterocycles. The summed E-state index contributed by atoms with van der Waals surface area (Å²) in [7, 11) is 0. The van der Waals surface area contributed by atoms with Crippen LogP contribution in [0.1, 0.15) is 26.2 Å². The lowest BCUT2D eigenvalue weighted by atomic mass is 9.93. The van der Waals surface area contributed by atoms with Gasteiger partial charge >= 0.3 is 6.18 Å². The van der Waals surface area contributed by atoms with Crippen molar-refractivity contribution in [3.05, 3.63) is 28.7 Å². The molecule has 1 aliphatic heterocycles. The third-order valence-corrected chi connectivity index (χ3v) is 4.09. The first kappa shape index (κ1) is 16.1. The average molecular weight is 364 g/mol. The van der Waals surface area contributed by atoms with Crippen molar-refractivity contribution in [1.29, 1.82) is 0 Å². The van der Waals surface area contributed by atoms with Crippen molar-refractivity contribution < 1.29 is 13.2 Å². The number of anilines is 1. The maximum absolute atomic E-state index is 12.3. The standard InChI is InChI=1S/C14H17BrF3N3/c1-13(6-3-7-14(16,17)18)9-20-12(19)21(13)11-5-2-4-10(15)8-11/h2,4-5,8H,3,6-7,9H2,1H3,(H2,19,20). The number of nitrogens with zero attached hydrogens (tertiary/aromatic N) is 2. The topological polar surface area (TPSA) is 41.6 Å². The lowest BCUT2D eigenvalue weighted by molar-refractivity contribution is -0.136. The molecule has 1 aromatic carbocycles. The molecule has 1 atom stereocenters. The Bertz CT molecular complexity index is 545. The summed E-state index contributed by atoms with van der Waals surface area (Å²) in [6.07, 6.45) is -4.46. The smallest absolute Gasteiger partial charge is 0.369 e. The van der Waals surface area contributed by atoms with Gasteiger partial charge in [0.15, 0.2) is 5.96 Å². The first-order valence-corrected chi connectivity index (χ1v) is 7.43. The normalized spacial score (nSPS) is 22.5. The van der Waals surface area contributed by atoms with Crippen molar-refractivity contribution in [2.75, 3.05) is 11.4 Å². The Morgan fingerprint density at radius 1 is 1.43 bits per heavy atom. The van der Waals surface area contributed by atoms with Gasteiger partial charge in [0.2, 0.25) is 0 Å². The number of halogens is 4. The lowest BCUT2D eigenvalue weighted by Gasteiger charge is -2.36. The van der Waals surface area contributed by atoms with Crippen molar-refractivity contribution in [3.63, 3.8) is 0 Å². The van der Waals surface area contributed by atoms with Crippen LogP contribution in [0.2, 0.25) is 0 Å². The van der Waals surface area contributed by atoms with E-state index in [1.165, 1.54) is 0 Å². The van der Waals surface area contributed by atoms with Gasteiger partial charge in [-0.3, -0.25) is 4.99 Å². The van der Waals surface area contributed by atoms with E-state index in [2.05, 4.69) is 20.9 Å². The number of alkyl halides is 3. The van der Waals surface area contributed by atoms with Crippen LogP contribution in [0.25, 0.3) is 0 Å². The third kappa shape index (κ3) is 3.90. The zero-order valence-corrected chi connectivity index (χ0v) is 13.2. The highest BCUT2D eigenvalue weighted by Gasteiger charge is 2.39. The predicted molar refractivity (Wildman–Crippen MR) is 81.4 cm³/mol. The Hall–Kier alpha value is -1.24. The van der Waals surface area contributed by atoms with E-state index >= 15 is 0 Å². The molecule has 21 heavy (non-hydrogen) atoms. The van der Waals surface area contributed by atoms with Gasteiger partial charge in [0.1, 0.15) is 0 Å². The molecule has 1 aromatic rings. The molecule has 2 rings (SSSR count). The van der Waals surface area contributed by atoms with E-state index in [-0.39, 0.29) is 6.42 Å². The number of aliphatic imine (C=N–C) groups is 1. The minimum absolute atomic E-state index is 0.0628. The van der Waals surface area contributed by atoms with E-state index in [9.17, 15) is 13.2 Å². The summed E-state index contributed by atoms with van der Waals surface area (Å²) in [5.41, 5.74) is 6.25. The van der Waals surface area contributed by atoms with E-state index in [0.717, 1.165) is 10.2 Å². The minimum atomic E-state index is -4.12. The molecular formula is C14H17BrF3N3. The van der Waals surface area contributed by atoms with Crippen LogP contribution in [0.3, 0.4) is 0 Å². The zero-order chi connectivity index (χ0) is 15.7. The molecule has 0 radical (unpaired) electrons. The van der Waals surface area contributed by atoms with Crippen LogP contribution < -0.4 is 10.6 Å². The van der Waals surface area contributed by atoms with Crippen LogP contribution in [0.15, 0.2) is 33.7 Å². The zero-order valence-electron chi connectivity index (χ0n) is 11.6. The molecule has 1 heterocycles. The molecular weight excluding hydrogens is 347 g/mol. The molecule has 0 bridgehead atoms. The van der Waals surface area contributed by atoms with E-state index in [0.29, 0.717) is 18.9 Å². The van der Waals surface area contributed by atoms with E-state index in [1.807, 2.05) is 36.1 Å². The molecule has 116 valence electrons. The number of guanidine groups is 1. The molecule has 1 aliphatic rings. The number of hydrogen-bond donors (Lipinski definition) is 1. The maximum Gasteiger partial charge on any atom is 0.389 e. The Morgan fingerprint density at radius 2 is 2.14 bits per heavy atom. The van der Waals surface area contributed by atoms with Crippen molar-refractivity contribution in [3.8, 4) is 0 Å². The Balaban J connectivity index is 2.15. The van der Waals surface area contributed by atoms with E-state index < -0.39 is 18.1 Å². The van der Waals surface area contributed by atoms with Gasteiger partial charge in [-0.1, -0.05) is 22.0 Å². The predicted octanol–water partition coefficient (Wildman–Crippen LogP) is 4.08. The number of rotatable bonds is 4. The van der Waals surface area contributed by atoms with Gasteiger partial charge < -0.3 is 10.6 Å². The first-order valence-electron chi connectivity index (χ1n) is 6.64. The SMILES string of the molecule is CC1(CCCC(F)(F)F)CN=C(N)N1c1cccc(Br)c1. The van der Waals surface area contributed by atoms with Gasteiger partial charge in [-0.25, -0.2) is 0 Å². The largest absolute Gasteiger partial charge is 0.389 e. The minimum Gasteiger partial charge on any atom is -0.369 e. The Morgan fingerprint density at radius 3 is 2.76 bits per heavy atom. The molecule has 2 N–H and O–H groups in total. The summed E-state index contributed by atoms with van der Waals surface area (Å²) < 4.78 is 37.9. The second-order valence-electron chi connectivity index (χ2n) is 5.46. The highest BCUT2D eigenvalue weighted by atomic mass is 79.9. The quantitative estimate of drug-likeness (QED) is 0.875. The van der Waals surface area contributed by atoms with E-state index in [4.69, 9.17) is 5.73 Å². The monoisotopic (exact) mass is 363 g/mol. The molecule has 1 unspecified atom stereocenters. The average Bonchev–Trinajstić information content (AvgIpc) is 2.64. The number of hydrogen-bond acceptors (Lipinski definition) is 3. The van der Waals surface area contributed by atoms with Crippen LogP contribution in [0.5, 0.6) is 0 Å². The molecule has 0 saturated heterocycles. The van der Waals surface area contributed by atoms with Gasteiger partial charge in [0.25, 0.3) is 0 Å². The van der Waals surface area contributed by atoms with E-state index in [1.54, 1.807) is 0 Å². The van der Waals surface area contributed by atoms with Gasteiger partial charge in [-0.2, -0.15) is 13.2 Å². The summed E-state index contributed by atoms with van der Waals surface area (Å²) in [6, 6.07) is 7.51. The second-order valence-corrected chi connectivity index (χ2v) is 6.37. The van der Waals surface area contributed by atoms with Crippen LogP contribution in [0.4, 0.5) is 18.9 Å². The summed E-state index contributed by atoms with van der Waals surface area (Å²) in [5.74, 6) is 0.350. The molecule has 0 spiro atoms. The highest BCUT2D eigenvalue weighted by molar-refractivity contribution is 9.10. The number of nitrogens with two attached hydrogens (primary N) is 1. The van der Waals surface area contributed by atoms with Gasteiger partial charge in [-0.15, -0.1) is 0 Å². The molecule has 0 amide bonds. The van der Waals surface area contributed by atoms with Crippen molar-refractivity contribution in [2.24, 2.45) is 10.7 Å². The molecule has 0 saturated carbocycles. The molecule has 0 aliphatic carbocycles. The van der Waals surface area contributed by atoms with Gasteiger partial charge in [0.05, 0.1) is 12.1 Å². The fourth-order valence-electron chi connectivity index (χ4n) is 2.59. The van der Waals surface area contributed by atoms with Crippen molar-refractivity contribution in [1.82, 2.24) is 0 Å². The maximum atomic E-state index is 12.3. The van der Waals surface area contributed by atoms with Crippen LogP contribution in [-0.2, 0) is 0 Å². The lowest BCUT2D eigenvalue weighted by Crippen LogP contribution is -2.50. The Labute approximate surface area is 130 Å². The summed E-state index contributed by atoms with van der Waals surface area (Å²) in [4.78, 5) is 6.04. The highest BCUT2D eigenvalue weighted by Crippen LogP contribution is 2.35. The summed E-state index contributed by atoms with van der Waals surface area (Å²) >= 11 is 3.39. The summed E-state index contributed by atoms with van der Waals surface area (Å²) in [6.45, 7) is 2.30. The van der Waals surface area contributed by atoms with Gasteiger partial charge in [-0.05, 0) is 38.0 Å².